The molecule has 0 bridgehead atoms. The topological polar surface area (TPSA) is 60.8 Å². The van der Waals surface area contributed by atoms with Gasteiger partial charge >= 0.3 is 5.97 Å². The zero-order valence-electron chi connectivity index (χ0n) is 12.9. The number of aliphatic carboxylic acids is 1. The van der Waals surface area contributed by atoms with E-state index in [9.17, 15) is 15.0 Å². The van der Waals surface area contributed by atoms with Crippen molar-refractivity contribution in [3.8, 4) is 5.75 Å². The van der Waals surface area contributed by atoms with Gasteiger partial charge in [-0.3, -0.25) is 9.69 Å². The molecule has 0 radical (unpaired) electrons. The molecule has 1 fully saturated rings. The molecule has 1 atom stereocenters. The van der Waals surface area contributed by atoms with E-state index in [1.54, 1.807) is 6.07 Å². The number of phenolic OH excluding ortho intramolecular Hbond substituents is 1. The van der Waals surface area contributed by atoms with Crippen molar-refractivity contribution in [1.82, 2.24) is 4.90 Å². The number of aryl methyl sites for hydroxylation is 1. The molecular weight excluding hydrogens is 266 g/mol. The van der Waals surface area contributed by atoms with E-state index in [1.807, 2.05) is 26.0 Å². The predicted molar refractivity (Wildman–Crippen MR) is 82.3 cm³/mol. The fourth-order valence-corrected chi connectivity index (χ4v) is 3.41. The molecule has 0 aromatic heterocycles. The van der Waals surface area contributed by atoms with Crippen LogP contribution < -0.4 is 0 Å². The minimum absolute atomic E-state index is 0.294. The van der Waals surface area contributed by atoms with Crippen molar-refractivity contribution in [2.45, 2.75) is 46.1 Å². The highest BCUT2D eigenvalue weighted by Crippen LogP contribution is 2.36. The Bertz CT molecular complexity index is 511. The van der Waals surface area contributed by atoms with Crippen LogP contribution in [0.1, 0.15) is 43.7 Å². The average molecular weight is 291 g/mol. The zero-order valence-corrected chi connectivity index (χ0v) is 12.9. The number of benzene rings is 1. The van der Waals surface area contributed by atoms with Gasteiger partial charge in [-0.25, -0.2) is 0 Å². The van der Waals surface area contributed by atoms with Gasteiger partial charge in [-0.1, -0.05) is 31.0 Å². The van der Waals surface area contributed by atoms with Crippen molar-refractivity contribution in [2.75, 3.05) is 13.1 Å². The van der Waals surface area contributed by atoms with Crippen LogP contribution in [0.4, 0.5) is 0 Å². The second-order valence-corrected chi connectivity index (χ2v) is 6.28. The van der Waals surface area contributed by atoms with E-state index in [1.165, 1.54) is 0 Å². The van der Waals surface area contributed by atoms with E-state index < -0.39 is 11.4 Å². The normalized spacial score (nSPS) is 23.1. The number of aromatic hydroxyl groups is 1. The standard InChI is InChI=1S/C17H25NO3/c1-3-7-17(16(20)21)8-4-9-18(12-17)11-14-10-13(2)5-6-15(14)19/h5-6,10,19H,3-4,7-9,11-12H2,1-2H3,(H,20,21). The number of carboxylic acids is 1. The summed E-state index contributed by atoms with van der Waals surface area (Å²) >= 11 is 0. The number of rotatable bonds is 5. The molecule has 4 heteroatoms. The molecule has 1 aliphatic heterocycles. The molecule has 4 nitrogen and oxygen atoms in total. The summed E-state index contributed by atoms with van der Waals surface area (Å²) < 4.78 is 0. The van der Waals surface area contributed by atoms with E-state index >= 15 is 0 Å². The van der Waals surface area contributed by atoms with Gasteiger partial charge in [0.25, 0.3) is 0 Å². The third-order valence-corrected chi connectivity index (χ3v) is 4.47. The summed E-state index contributed by atoms with van der Waals surface area (Å²) in [6, 6.07) is 5.57. The van der Waals surface area contributed by atoms with Crippen molar-refractivity contribution in [2.24, 2.45) is 5.41 Å². The lowest BCUT2D eigenvalue weighted by atomic mass is 9.76. The van der Waals surface area contributed by atoms with E-state index in [0.717, 1.165) is 43.4 Å². The molecule has 0 aliphatic carbocycles. The number of carbonyl (C=O) groups is 1. The van der Waals surface area contributed by atoms with Gasteiger partial charge < -0.3 is 10.2 Å². The number of carboxylic acid groups (broad SMARTS) is 1. The van der Waals surface area contributed by atoms with Crippen molar-refractivity contribution in [3.63, 3.8) is 0 Å². The lowest BCUT2D eigenvalue weighted by Gasteiger charge is -2.40. The number of hydrogen-bond donors (Lipinski definition) is 2. The summed E-state index contributed by atoms with van der Waals surface area (Å²) in [4.78, 5) is 13.9. The second kappa shape index (κ2) is 6.48. The number of phenols is 1. The monoisotopic (exact) mass is 291 g/mol. The largest absolute Gasteiger partial charge is 0.508 e. The van der Waals surface area contributed by atoms with Gasteiger partial charge in [0.05, 0.1) is 5.41 Å². The maximum absolute atomic E-state index is 11.7. The predicted octanol–water partition coefficient (Wildman–Crippen LogP) is 3.17. The van der Waals surface area contributed by atoms with Gasteiger partial charge in [-0.2, -0.15) is 0 Å². The first-order chi connectivity index (χ1) is 9.97. The first kappa shape index (κ1) is 15.8. The lowest BCUT2D eigenvalue weighted by Crippen LogP contribution is -2.47. The van der Waals surface area contributed by atoms with E-state index in [0.29, 0.717) is 18.8 Å². The fourth-order valence-electron chi connectivity index (χ4n) is 3.41. The van der Waals surface area contributed by atoms with Gasteiger partial charge in [0.15, 0.2) is 0 Å². The van der Waals surface area contributed by atoms with Crippen LogP contribution in [0.3, 0.4) is 0 Å². The molecule has 116 valence electrons. The Balaban J connectivity index is 2.13. The first-order valence-corrected chi connectivity index (χ1v) is 7.71. The molecule has 21 heavy (non-hydrogen) atoms. The van der Waals surface area contributed by atoms with Crippen LogP contribution in [-0.2, 0) is 11.3 Å². The van der Waals surface area contributed by atoms with Gasteiger partial charge in [-0.15, -0.1) is 0 Å². The van der Waals surface area contributed by atoms with E-state index in [-0.39, 0.29) is 0 Å². The number of hydrogen-bond acceptors (Lipinski definition) is 3. The van der Waals surface area contributed by atoms with Crippen LogP contribution in [0.5, 0.6) is 5.75 Å². The highest BCUT2D eigenvalue weighted by Gasteiger charge is 2.41. The third kappa shape index (κ3) is 3.56. The van der Waals surface area contributed by atoms with Gasteiger partial charge in [-0.05, 0) is 38.8 Å². The van der Waals surface area contributed by atoms with Crippen LogP contribution in [-0.4, -0.2) is 34.2 Å². The minimum atomic E-state index is -0.678. The SMILES string of the molecule is CCCC1(C(=O)O)CCCN(Cc2cc(C)ccc2O)C1. The lowest BCUT2D eigenvalue weighted by molar-refractivity contribution is -0.153. The Morgan fingerprint density at radius 1 is 1.43 bits per heavy atom. The number of likely N-dealkylation sites (tertiary alicyclic amines) is 1. The molecule has 2 N–H and O–H groups in total. The molecule has 1 aliphatic rings. The van der Waals surface area contributed by atoms with Crippen molar-refractivity contribution < 1.29 is 15.0 Å². The molecule has 0 amide bonds. The summed E-state index contributed by atoms with van der Waals surface area (Å²) in [5.41, 5.74) is 1.37. The second-order valence-electron chi connectivity index (χ2n) is 6.28. The molecule has 1 heterocycles. The summed E-state index contributed by atoms with van der Waals surface area (Å²) in [7, 11) is 0. The maximum atomic E-state index is 11.7. The minimum Gasteiger partial charge on any atom is -0.508 e. The van der Waals surface area contributed by atoms with Crippen molar-refractivity contribution in [1.29, 1.82) is 0 Å². The Kier molecular flexibility index (Phi) is 4.88. The van der Waals surface area contributed by atoms with Crippen LogP contribution in [0.15, 0.2) is 18.2 Å². The smallest absolute Gasteiger partial charge is 0.310 e. The Morgan fingerprint density at radius 2 is 2.19 bits per heavy atom. The van der Waals surface area contributed by atoms with Gasteiger partial charge in [0, 0.05) is 18.7 Å². The Morgan fingerprint density at radius 3 is 2.86 bits per heavy atom. The third-order valence-electron chi connectivity index (χ3n) is 4.47. The number of piperidine rings is 1. The Hall–Kier alpha value is -1.55. The van der Waals surface area contributed by atoms with Crippen LogP contribution in [0.2, 0.25) is 0 Å². The molecular formula is C17H25NO3. The Labute approximate surface area is 126 Å². The zero-order chi connectivity index (χ0) is 15.5. The first-order valence-electron chi connectivity index (χ1n) is 7.71. The van der Waals surface area contributed by atoms with Crippen molar-refractivity contribution >= 4 is 5.97 Å². The summed E-state index contributed by atoms with van der Waals surface area (Å²) in [5.74, 6) is -0.384. The average Bonchev–Trinajstić information content (AvgIpc) is 2.43. The van der Waals surface area contributed by atoms with Crippen LogP contribution in [0.25, 0.3) is 0 Å². The molecule has 1 unspecified atom stereocenters. The summed E-state index contributed by atoms with van der Waals surface area (Å²) in [5, 5.41) is 19.6. The highest BCUT2D eigenvalue weighted by atomic mass is 16.4. The molecule has 1 aromatic rings. The van der Waals surface area contributed by atoms with E-state index in [2.05, 4.69) is 4.90 Å². The highest BCUT2D eigenvalue weighted by molar-refractivity contribution is 5.75. The van der Waals surface area contributed by atoms with Gasteiger partial charge in [0.1, 0.15) is 5.75 Å². The molecule has 0 spiro atoms. The molecule has 1 saturated heterocycles. The van der Waals surface area contributed by atoms with Crippen molar-refractivity contribution in [3.05, 3.63) is 29.3 Å². The van der Waals surface area contributed by atoms with Crippen LogP contribution in [0, 0.1) is 12.3 Å². The quantitative estimate of drug-likeness (QED) is 0.874. The fraction of sp³-hybridized carbons (Fsp3) is 0.588. The van der Waals surface area contributed by atoms with E-state index in [4.69, 9.17) is 0 Å². The van der Waals surface area contributed by atoms with Gasteiger partial charge in [0.2, 0.25) is 0 Å². The maximum Gasteiger partial charge on any atom is 0.310 e. The summed E-state index contributed by atoms with van der Waals surface area (Å²) in [6.45, 7) is 6.12. The molecule has 0 saturated carbocycles. The molecule has 1 aromatic carbocycles. The molecule has 2 rings (SSSR count). The number of nitrogens with zero attached hydrogens (tertiary/aromatic N) is 1. The van der Waals surface area contributed by atoms with Crippen LogP contribution >= 0.6 is 0 Å². The summed E-state index contributed by atoms with van der Waals surface area (Å²) in [6.07, 6.45) is 3.26.